The second-order valence-corrected chi connectivity index (χ2v) is 4.15. The zero-order valence-corrected chi connectivity index (χ0v) is 10.5. The van der Waals surface area contributed by atoms with E-state index in [0.717, 1.165) is 12.5 Å². The molecule has 4 nitrogen and oxygen atoms in total. The SMILES string of the molecule is CCCC(C(N)=O)N(C)c1ccc(C=O)cc1F. The zero-order valence-electron chi connectivity index (χ0n) is 10.5. The van der Waals surface area contributed by atoms with Gasteiger partial charge in [-0.1, -0.05) is 13.3 Å². The van der Waals surface area contributed by atoms with Gasteiger partial charge in [-0.05, 0) is 24.6 Å². The maximum absolute atomic E-state index is 13.8. The van der Waals surface area contributed by atoms with Gasteiger partial charge in [0.25, 0.3) is 0 Å². The van der Waals surface area contributed by atoms with Crippen LogP contribution < -0.4 is 10.6 Å². The summed E-state index contributed by atoms with van der Waals surface area (Å²) in [4.78, 5) is 23.4. The highest BCUT2D eigenvalue weighted by molar-refractivity contribution is 5.84. The fourth-order valence-corrected chi connectivity index (χ4v) is 1.85. The van der Waals surface area contributed by atoms with E-state index in [2.05, 4.69) is 0 Å². The first-order chi connectivity index (χ1) is 8.51. The van der Waals surface area contributed by atoms with Crippen molar-refractivity contribution in [2.45, 2.75) is 25.8 Å². The van der Waals surface area contributed by atoms with E-state index in [9.17, 15) is 14.0 Å². The van der Waals surface area contributed by atoms with E-state index in [1.807, 2.05) is 6.92 Å². The predicted octanol–water partition coefficient (Wildman–Crippen LogP) is 1.73. The predicted molar refractivity (Wildman–Crippen MR) is 68.1 cm³/mol. The summed E-state index contributed by atoms with van der Waals surface area (Å²) in [7, 11) is 1.62. The van der Waals surface area contributed by atoms with Crippen LogP contribution >= 0.6 is 0 Å². The molecule has 0 spiro atoms. The van der Waals surface area contributed by atoms with Crippen LogP contribution in [0.2, 0.25) is 0 Å². The smallest absolute Gasteiger partial charge is 0.240 e. The Labute approximate surface area is 106 Å². The molecule has 0 fully saturated rings. The van der Waals surface area contributed by atoms with Crippen molar-refractivity contribution in [1.82, 2.24) is 0 Å². The van der Waals surface area contributed by atoms with Crippen molar-refractivity contribution in [2.75, 3.05) is 11.9 Å². The average Bonchev–Trinajstić information content (AvgIpc) is 2.34. The van der Waals surface area contributed by atoms with Crippen molar-refractivity contribution in [3.63, 3.8) is 0 Å². The Morgan fingerprint density at radius 1 is 1.56 bits per heavy atom. The van der Waals surface area contributed by atoms with Crippen LogP contribution in [-0.4, -0.2) is 25.3 Å². The summed E-state index contributed by atoms with van der Waals surface area (Å²) in [5.74, 6) is -1.03. The van der Waals surface area contributed by atoms with Gasteiger partial charge in [0.15, 0.2) is 0 Å². The number of carbonyl (C=O) groups excluding carboxylic acids is 2. The molecular formula is C13H17FN2O2. The molecule has 1 aromatic carbocycles. The highest BCUT2D eigenvalue weighted by Crippen LogP contribution is 2.22. The van der Waals surface area contributed by atoms with Gasteiger partial charge in [0.2, 0.25) is 5.91 Å². The van der Waals surface area contributed by atoms with Crippen molar-refractivity contribution in [2.24, 2.45) is 5.73 Å². The second-order valence-electron chi connectivity index (χ2n) is 4.15. The fraction of sp³-hybridized carbons (Fsp3) is 0.385. The monoisotopic (exact) mass is 252 g/mol. The van der Waals surface area contributed by atoms with Crippen molar-refractivity contribution in [3.8, 4) is 0 Å². The maximum atomic E-state index is 13.8. The Hall–Kier alpha value is -1.91. The molecule has 2 N–H and O–H groups in total. The van der Waals surface area contributed by atoms with Crippen molar-refractivity contribution in [3.05, 3.63) is 29.6 Å². The van der Waals surface area contributed by atoms with Gasteiger partial charge >= 0.3 is 0 Å². The lowest BCUT2D eigenvalue weighted by molar-refractivity contribution is -0.119. The van der Waals surface area contributed by atoms with Crippen LogP contribution in [0.25, 0.3) is 0 Å². The Balaban J connectivity index is 3.04. The fourth-order valence-electron chi connectivity index (χ4n) is 1.85. The van der Waals surface area contributed by atoms with Crippen molar-refractivity contribution >= 4 is 17.9 Å². The number of amides is 1. The number of hydrogen-bond acceptors (Lipinski definition) is 3. The zero-order chi connectivity index (χ0) is 13.7. The molecule has 0 heterocycles. The van der Waals surface area contributed by atoms with E-state index in [0.29, 0.717) is 12.7 Å². The Kier molecular flexibility index (Phi) is 4.83. The molecule has 0 aliphatic rings. The number of rotatable bonds is 6. The average molecular weight is 252 g/mol. The molecule has 1 rings (SSSR count). The molecular weight excluding hydrogens is 235 g/mol. The number of hydrogen-bond donors (Lipinski definition) is 1. The summed E-state index contributed by atoms with van der Waals surface area (Å²) in [6.45, 7) is 1.93. The first kappa shape index (κ1) is 14.2. The summed E-state index contributed by atoms with van der Waals surface area (Å²) >= 11 is 0. The Bertz CT molecular complexity index is 449. The molecule has 0 aliphatic carbocycles. The van der Waals surface area contributed by atoms with E-state index in [4.69, 9.17) is 5.73 Å². The van der Waals surface area contributed by atoms with Gasteiger partial charge < -0.3 is 10.6 Å². The maximum Gasteiger partial charge on any atom is 0.240 e. The molecule has 0 bridgehead atoms. The Morgan fingerprint density at radius 3 is 2.67 bits per heavy atom. The molecule has 0 saturated heterocycles. The largest absolute Gasteiger partial charge is 0.368 e. The summed E-state index contributed by atoms with van der Waals surface area (Å²) in [6.07, 6.45) is 1.90. The molecule has 98 valence electrons. The van der Waals surface area contributed by atoms with Gasteiger partial charge in [-0.15, -0.1) is 0 Å². The van der Waals surface area contributed by atoms with Crippen LogP contribution in [0.5, 0.6) is 0 Å². The van der Waals surface area contributed by atoms with Crippen LogP contribution in [0.4, 0.5) is 10.1 Å². The number of benzene rings is 1. The molecule has 0 aliphatic heterocycles. The standard InChI is InChI=1S/C13H17FN2O2/c1-3-4-12(13(15)18)16(2)11-6-5-9(8-17)7-10(11)14/h5-8,12H,3-4H2,1-2H3,(H2,15,18). The highest BCUT2D eigenvalue weighted by atomic mass is 19.1. The highest BCUT2D eigenvalue weighted by Gasteiger charge is 2.22. The van der Waals surface area contributed by atoms with E-state index >= 15 is 0 Å². The first-order valence-electron chi connectivity index (χ1n) is 5.78. The van der Waals surface area contributed by atoms with E-state index in [1.54, 1.807) is 7.05 Å². The number of primary amides is 1. The number of nitrogens with two attached hydrogens (primary N) is 1. The minimum Gasteiger partial charge on any atom is -0.368 e. The summed E-state index contributed by atoms with van der Waals surface area (Å²) in [5.41, 5.74) is 5.83. The van der Waals surface area contributed by atoms with Gasteiger partial charge in [0.05, 0.1) is 5.69 Å². The van der Waals surface area contributed by atoms with Crippen LogP contribution in [0.3, 0.4) is 0 Å². The number of anilines is 1. The van der Waals surface area contributed by atoms with E-state index < -0.39 is 17.8 Å². The minimum atomic E-state index is -0.549. The number of nitrogens with zero attached hydrogens (tertiary/aromatic N) is 1. The second kappa shape index (κ2) is 6.14. The third-order valence-electron chi connectivity index (χ3n) is 2.85. The van der Waals surface area contributed by atoms with Crippen molar-refractivity contribution in [1.29, 1.82) is 0 Å². The molecule has 18 heavy (non-hydrogen) atoms. The summed E-state index contributed by atoms with van der Waals surface area (Å²) < 4.78 is 13.8. The number of halogens is 1. The summed E-state index contributed by atoms with van der Waals surface area (Å²) in [5, 5.41) is 0. The van der Waals surface area contributed by atoms with Gasteiger partial charge in [-0.2, -0.15) is 0 Å². The quantitative estimate of drug-likeness (QED) is 0.784. The van der Waals surface area contributed by atoms with Crippen LogP contribution in [0, 0.1) is 5.82 Å². The lowest BCUT2D eigenvalue weighted by Gasteiger charge is -2.27. The van der Waals surface area contributed by atoms with Crippen LogP contribution in [-0.2, 0) is 4.79 Å². The molecule has 1 atom stereocenters. The topological polar surface area (TPSA) is 63.4 Å². The molecule has 0 saturated carbocycles. The number of aldehydes is 1. The van der Waals surface area contributed by atoms with Crippen LogP contribution in [0.1, 0.15) is 30.1 Å². The Morgan fingerprint density at radius 2 is 2.22 bits per heavy atom. The summed E-state index contributed by atoms with van der Waals surface area (Å²) in [6, 6.07) is 3.57. The molecule has 0 radical (unpaired) electrons. The van der Waals surface area contributed by atoms with E-state index in [-0.39, 0.29) is 11.3 Å². The molecule has 1 unspecified atom stereocenters. The van der Waals surface area contributed by atoms with Gasteiger partial charge in [0, 0.05) is 12.6 Å². The molecule has 1 amide bonds. The molecule has 1 aromatic rings. The third-order valence-corrected chi connectivity index (χ3v) is 2.85. The van der Waals surface area contributed by atoms with Gasteiger partial charge in [-0.3, -0.25) is 9.59 Å². The van der Waals surface area contributed by atoms with E-state index in [1.165, 1.54) is 17.0 Å². The minimum absolute atomic E-state index is 0.260. The van der Waals surface area contributed by atoms with Crippen molar-refractivity contribution < 1.29 is 14.0 Å². The van der Waals surface area contributed by atoms with Crippen LogP contribution in [0.15, 0.2) is 18.2 Å². The first-order valence-corrected chi connectivity index (χ1v) is 5.78. The normalized spacial score (nSPS) is 11.9. The van der Waals surface area contributed by atoms with Gasteiger partial charge in [-0.25, -0.2) is 4.39 Å². The third kappa shape index (κ3) is 3.06. The number of carbonyl (C=O) groups is 2. The molecule has 0 aromatic heterocycles. The lowest BCUT2D eigenvalue weighted by atomic mass is 10.1. The van der Waals surface area contributed by atoms with Gasteiger partial charge in [0.1, 0.15) is 18.1 Å². The lowest BCUT2D eigenvalue weighted by Crippen LogP contribution is -2.43. The molecule has 5 heteroatoms. The number of likely N-dealkylation sites (N-methyl/N-ethyl adjacent to an activating group) is 1.